The van der Waals surface area contributed by atoms with Gasteiger partial charge in [0.2, 0.25) is 0 Å². The normalized spacial score (nSPS) is 10.9. The van der Waals surface area contributed by atoms with Gasteiger partial charge in [0.05, 0.1) is 0 Å². The van der Waals surface area contributed by atoms with Crippen LogP contribution in [0, 0.1) is 0 Å². The van der Waals surface area contributed by atoms with E-state index >= 15 is 0 Å². The van der Waals surface area contributed by atoms with Crippen molar-refractivity contribution >= 4 is 33.9 Å². The molecular formula is C24H18O8. The summed E-state index contributed by atoms with van der Waals surface area (Å²) in [6.45, 7) is 2.57. The standard InChI is InChI=1S/C24H18O8/c1-13(25)29-17-5-7-19-15(9-23(27)31-21(19)11-17)3-4-16-10-24(28)32-22-12-18(30-14(2)26)6-8-20(16)22/h5-12H,3-4H2,1-2H3. The average Bonchev–Trinajstić information content (AvgIpc) is 2.70. The van der Waals surface area contributed by atoms with E-state index in [-0.39, 0.29) is 11.5 Å². The fraction of sp³-hybridized carbons (Fsp3) is 0.167. The van der Waals surface area contributed by atoms with Crippen LogP contribution >= 0.6 is 0 Å². The molecule has 0 spiro atoms. The first-order valence-electron chi connectivity index (χ1n) is 9.79. The van der Waals surface area contributed by atoms with Crippen molar-refractivity contribution in [3.63, 3.8) is 0 Å². The van der Waals surface area contributed by atoms with Crippen LogP contribution < -0.4 is 20.7 Å². The third-order valence-electron chi connectivity index (χ3n) is 4.79. The highest BCUT2D eigenvalue weighted by Gasteiger charge is 2.12. The Morgan fingerprint density at radius 2 is 1.09 bits per heavy atom. The molecule has 0 saturated heterocycles. The molecule has 0 unspecified atom stereocenters. The van der Waals surface area contributed by atoms with Gasteiger partial charge in [-0.15, -0.1) is 0 Å². The molecule has 4 aromatic rings. The van der Waals surface area contributed by atoms with Crippen LogP contribution in [-0.2, 0) is 22.4 Å². The lowest BCUT2D eigenvalue weighted by Crippen LogP contribution is -2.06. The van der Waals surface area contributed by atoms with Gasteiger partial charge >= 0.3 is 23.2 Å². The molecule has 0 atom stereocenters. The summed E-state index contributed by atoms with van der Waals surface area (Å²) in [5.74, 6) is -0.398. The zero-order valence-corrected chi connectivity index (χ0v) is 17.3. The van der Waals surface area contributed by atoms with Gasteiger partial charge in [-0.2, -0.15) is 0 Å². The Bertz CT molecular complexity index is 1360. The number of hydrogen-bond donors (Lipinski definition) is 0. The Balaban J connectivity index is 1.68. The maximum Gasteiger partial charge on any atom is 0.336 e. The molecule has 8 heteroatoms. The molecule has 0 amide bonds. The van der Waals surface area contributed by atoms with Gasteiger partial charge in [0.25, 0.3) is 0 Å². The fourth-order valence-corrected chi connectivity index (χ4v) is 3.56. The molecule has 0 saturated carbocycles. The summed E-state index contributed by atoms with van der Waals surface area (Å²) in [5.41, 5.74) is 0.989. The van der Waals surface area contributed by atoms with Crippen molar-refractivity contribution in [2.24, 2.45) is 0 Å². The van der Waals surface area contributed by atoms with Crippen molar-refractivity contribution in [1.82, 2.24) is 0 Å². The summed E-state index contributed by atoms with van der Waals surface area (Å²) in [7, 11) is 0. The highest BCUT2D eigenvalue weighted by atomic mass is 16.5. The highest BCUT2D eigenvalue weighted by molar-refractivity contribution is 5.84. The summed E-state index contributed by atoms with van der Waals surface area (Å²) >= 11 is 0. The number of rotatable bonds is 5. The second-order valence-electron chi connectivity index (χ2n) is 7.18. The molecule has 2 aromatic carbocycles. The SMILES string of the molecule is CC(=O)Oc1ccc2c(CCc3cc(=O)oc4cc(OC(C)=O)ccc34)cc(=O)oc2c1. The van der Waals surface area contributed by atoms with E-state index in [1.54, 1.807) is 24.3 Å². The van der Waals surface area contributed by atoms with E-state index in [1.807, 2.05) is 0 Å². The van der Waals surface area contributed by atoms with Crippen LogP contribution in [0.4, 0.5) is 0 Å². The molecule has 2 heterocycles. The third kappa shape index (κ3) is 4.59. The molecule has 0 aliphatic carbocycles. The summed E-state index contributed by atoms with van der Waals surface area (Å²) in [4.78, 5) is 46.5. The van der Waals surface area contributed by atoms with Crippen molar-refractivity contribution in [2.45, 2.75) is 26.7 Å². The summed E-state index contributed by atoms with van der Waals surface area (Å²) < 4.78 is 20.6. The van der Waals surface area contributed by atoms with E-state index < -0.39 is 23.2 Å². The Kier molecular flexibility index (Phi) is 5.59. The van der Waals surface area contributed by atoms with Crippen LogP contribution in [0.5, 0.6) is 11.5 Å². The van der Waals surface area contributed by atoms with Crippen LogP contribution in [0.3, 0.4) is 0 Å². The number of carbonyl (C=O) groups is 2. The number of esters is 2. The molecular weight excluding hydrogens is 416 g/mol. The number of benzene rings is 2. The predicted octanol–water partition coefficient (Wildman–Crippen LogP) is 3.54. The smallest absolute Gasteiger partial charge is 0.336 e. The zero-order chi connectivity index (χ0) is 22.8. The Labute approximate surface area is 181 Å². The highest BCUT2D eigenvalue weighted by Crippen LogP contribution is 2.26. The van der Waals surface area contributed by atoms with Gasteiger partial charge in [-0.3, -0.25) is 9.59 Å². The molecule has 32 heavy (non-hydrogen) atoms. The number of hydrogen-bond acceptors (Lipinski definition) is 8. The minimum atomic E-state index is -0.532. The second-order valence-corrected chi connectivity index (χ2v) is 7.18. The van der Waals surface area contributed by atoms with E-state index in [0.29, 0.717) is 34.8 Å². The number of carbonyl (C=O) groups excluding carboxylic acids is 2. The van der Waals surface area contributed by atoms with Crippen LogP contribution in [0.2, 0.25) is 0 Å². The van der Waals surface area contributed by atoms with Gasteiger partial charge in [0.1, 0.15) is 22.7 Å². The third-order valence-corrected chi connectivity index (χ3v) is 4.79. The molecule has 8 nitrogen and oxygen atoms in total. The molecule has 0 N–H and O–H groups in total. The van der Waals surface area contributed by atoms with Gasteiger partial charge in [-0.25, -0.2) is 9.59 Å². The van der Waals surface area contributed by atoms with Crippen LogP contribution in [0.15, 0.2) is 67.0 Å². The summed E-state index contributed by atoms with van der Waals surface area (Å²) in [6.07, 6.45) is 0.887. The summed E-state index contributed by atoms with van der Waals surface area (Å²) in [6, 6.07) is 12.5. The van der Waals surface area contributed by atoms with Gasteiger partial charge in [-0.1, -0.05) is 0 Å². The number of ether oxygens (including phenoxy) is 2. The first-order chi connectivity index (χ1) is 15.3. The molecule has 0 fully saturated rings. The first-order valence-corrected chi connectivity index (χ1v) is 9.79. The minimum absolute atomic E-state index is 0.278. The Morgan fingerprint density at radius 1 is 0.688 bits per heavy atom. The van der Waals surface area contributed by atoms with Crippen molar-refractivity contribution in [2.75, 3.05) is 0 Å². The van der Waals surface area contributed by atoms with Gasteiger partial charge < -0.3 is 18.3 Å². The largest absolute Gasteiger partial charge is 0.427 e. The first kappa shape index (κ1) is 21.0. The molecule has 2 aromatic heterocycles. The van der Waals surface area contributed by atoms with Gasteiger partial charge in [0.15, 0.2) is 0 Å². The van der Waals surface area contributed by atoms with Gasteiger partial charge in [0, 0.05) is 48.9 Å². The lowest BCUT2D eigenvalue weighted by molar-refractivity contribution is -0.132. The number of fused-ring (bicyclic) bond motifs is 2. The van der Waals surface area contributed by atoms with Crippen molar-refractivity contribution in [1.29, 1.82) is 0 Å². The van der Waals surface area contributed by atoms with Crippen molar-refractivity contribution in [3.05, 3.63) is 80.5 Å². The monoisotopic (exact) mass is 434 g/mol. The summed E-state index contributed by atoms with van der Waals surface area (Å²) in [5, 5.41) is 1.40. The Hall–Kier alpha value is -4.20. The quantitative estimate of drug-likeness (QED) is 0.266. The van der Waals surface area contributed by atoms with E-state index in [4.69, 9.17) is 18.3 Å². The van der Waals surface area contributed by atoms with E-state index in [2.05, 4.69) is 0 Å². The molecule has 0 radical (unpaired) electrons. The van der Waals surface area contributed by atoms with Crippen LogP contribution in [-0.4, -0.2) is 11.9 Å². The average molecular weight is 434 g/mol. The van der Waals surface area contributed by atoms with Crippen molar-refractivity contribution in [3.8, 4) is 11.5 Å². The fourth-order valence-electron chi connectivity index (χ4n) is 3.56. The molecule has 162 valence electrons. The van der Waals surface area contributed by atoms with Crippen molar-refractivity contribution < 1.29 is 27.9 Å². The second kappa shape index (κ2) is 8.50. The zero-order valence-electron chi connectivity index (χ0n) is 17.3. The lowest BCUT2D eigenvalue weighted by Gasteiger charge is -2.09. The minimum Gasteiger partial charge on any atom is -0.427 e. The molecule has 0 bridgehead atoms. The molecule has 4 rings (SSSR count). The van der Waals surface area contributed by atoms with Crippen LogP contribution in [0.25, 0.3) is 21.9 Å². The number of aryl methyl sites for hydroxylation is 2. The Morgan fingerprint density at radius 3 is 1.47 bits per heavy atom. The van der Waals surface area contributed by atoms with E-state index in [9.17, 15) is 19.2 Å². The maximum atomic E-state index is 12.1. The predicted molar refractivity (Wildman–Crippen MR) is 115 cm³/mol. The topological polar surface area (TPSA) is 113 Å². The maximum absolute atomic E-state index is 12.1. The van der Waals surface area contributed by atoms with Crippen LogP contribution in [0.1, 0.15) is 25.0 Å². The molecule has 0 aliphatic rings. The molecule has 0 aliphatic heterocycles. The van der Waals surface area contributed by atoms with E-state index in [1.165, 1.54) is 38.1 Å². The lowest BCUT2D eigenvalue weighted by atomic mass is 9.99. The van der Waals surface area contributed by atoms with E-state index in [0.717, 1.165) is 11.1 Å². The van der Waals surface area contributed by atoms with Gasteiger partial charge in [-0.05, 0) is 48.2 Å².